The average Bonchev–Trinajstić information content (AvgIpc) is 2.41. The highest BCUT2D eigenvalue weighted by atomic mass is 19.4. The molecule has 0 saturated heterocycles. The molecule has 2 aromatic rings. The molecule has 1 unspecified atom stereocenters. The molecule has 0 saturated carbocycles. The van der Waals surface area contributed by atoms with E-state index in [9.17, 15) is 22.7 Å². The van der Waals surface area contributed by atoms with Crippen molar-refractivity contribution in [3.63, 3.8) is 0 Å². The monoisotopic (exact) mass is 298 g/mol. The first-order valence-corrected chi connectivity index (χ1v) is 6.38. The van der Waals surface area contributed by atoms with Crippen molar-refractivity contribution in [1.29, 1.82) is 0 Å². The molecule has 21 heavy (non-hydrogen) atoms. The predicted octanol–water partition coefficient (Wildman–Crippen LogP) is 4.43. The number of rotatable bonds is 3. The molecule has 2 rings (SSSR count). The summed E-state index contributed by atoms with van der Waals surface area (Å²) in [6, 6.07) is 8.92. The highest BCUT2D eigenvalue weighted by Crippen LogP contribution is 2.35. The zero-order chi connectivity index (χ0) is 15.6. The number of hydrogen-bond donors (Lipinski definition) is 1. The minimum absolute atomic E-state index is 0.000787. The van der Waals surface area contributed by atoms with Crippen LogP contribution in [0.3, 0.4) is 0 Å². The van der Waals surface area contributed by atoms with Crippen LogP contribution >= 0.6 is 0 Å². The van der Waals surface area contributed by atoms with Gasteiger partial charge in [-0.3, -0.25) is 0 Å². The van der Waals surface area contributed by atoms with E-state index in [0.717, 1.165) is 6.07 Å². The average molecular weight is 298 g/mol. The Kier molecular flexibility index (Phi) is 4.32. The van der Waals surface area contributed by atoms with Crippen LogP contribution < -0.4 is 0 Å². The van der Waals surface area contributed by atoms with Gasteiger partial charge >= 0.3 is 6.18 Å². The summed E-state index contributed by atoms with van der Waals surface area (Å²) in [7, 11) is 0. The summed E-state index contributed by atoms with van der Waals surface area (Å²) in [5.41, 5.74) is 0.186. The van der Waals surface area contributed by atoms with Gasteiger partial charge in [-0.1, -0.05) is 24.3 Å². The second kappa shape index (κ2) is 5.85. The van der Waals surface area contributed by atoms with Gasteiger partial charge in [-0.25, -0.2) is 4.39 Å². The smallest absolute Gasteiger partial charge is 0.388 e. The number of halogens is 4. The second-order valence-electron chi connectivity index (χ2n) is 4.88. The fourth-order valence-corrected chi connectivity index (χ4v) is 2.25. The molecule has 1 nitrogen and oxygen atoms in total. The number of aliphatic hydroxyl groups is 1. The maximum Gasteiger partial charge on any atom is 0.416 e. The van der Waals surface area contributed by atoms with Crippen LogP contribution in [0.1, 0.15) is 28.4 Å². The van der Waals surface area contributed by atoms with E-state index >= 15 is 0 Å². The Hall–Kier alpha value is -1.88. The molecule has 0 fully saturated rings. The van der Waals surface area contributed by atoms with Crippen LogP contribution in [0.5, 0.6) is 0 Å². The topological polar surface area (TPSA) is 20.2 Å². The summed E-state index contributed by atoms with van der Waals surface area (Å²) in [6.07, 6.45) is -5.82. The second-order valence-corrected chi connectivity index (χ2v) is 4.88. The highest BCUT2D eigenvalue weighted by Gasteiger charge is 2.34. The summed E-state index contributed by atoms with van der Waals surface area (Å²) >= 11 is 0. The lowest BCUT2D eigenvalue weighted by Crippen LogP contribution is -2.13. The Balaban J connectivity index is 2.31. The molecule has 2 aromatic carbocycles. The molecule has 0 aliphatic rings. The van der Waals surface area contributed by atoms with Gasteiger partial charge in [0, 0.05) is 6.42 Å². The van der Waals surface area contributed by atoms with Crippen molar-refractivity contribution < 1.29 is 22.7 Å². The van der Waals surface area contributed by atoms with E-state index in [0.29, 0.717) is 11.1 Å². The maximum atomic E-state index is 13.0. The summed E-state index contributed by atoms with van der Waals surface area (Å²) < 4.78 is 51.8. The summed E-state index contributed by atoms with van der Waals surface area (Å²) in [5.74, 6) is -0.415. The normalized spacial score (nSPS) is 13.2. The minimum atomic E-state index is -4.52. The van der Waals surface area contributed by atoms with Crippen LogP contribution in [-0.2, 0) is 12.6 Å². The van der Waals surface area contributed by atoms with Gasteiger partial charge in [0.1, 0.15) is 5.82 Å². The third kappa shape index (κ3) is 3.61. The van der Waals surface area contributed by atoms with E-state index < -0.39 is 23.7 Å². The van der Waals surface area contributed by atoms with Crippen molar-refractivity contribution in [3.05, 3.63) is 70.5 Å². The Labute approximate surface area is 119 Å². The SMILES string of the molecule is Cc1cc(F)ccc1CC(O)c1ccccc1C(F)(F)F. The molecule has 0 aliphatic heterocycles. The molecule has 1 atom stereocenters. The molecule has 0 radical (unpaired) electrons. The fraction of sp³-hybridized carbons (Fsp3) is 0.250. The van der Waals surface area contributed by atoms with Crippen molar-refractivity contribution in [2.45, 2.75) is 25.6 Å². The third-order valence-electron chi connectivity index (χ3n) is 3.34. The summed E-state index contributed by atoms with van der Waals surface area (Å²) in [6.45, 7) is 1.65. The van der Waals surface area contributed by atoms with Gasteiger partial charge in [-0.2, -0.15) is 13.2 Å². The van der Waals surface area contributed by atoms with Gasteiger partial charge in [0.15, 0.2) is 0 Å². The maximum absolute atomic E-state index is 13.0. The molecular formula is C16H14F4O. The van der Waals surface area contributed by atoms with E-state index in [2.05, 4.69) is 0 Å². The molecule has 1 N–H and O–H groups in total. The zero-order valence-corrected chi connectivity index (χ0v) is 11.3. The lowest BCUT2D eigenvalue weighted by atomic mass is 9.95. The van der Waals surface area contributed by atoms with Crippen molar-refractivity contribution >= 4 is 0 Å². The van der Waals surface area contributed by atoms with Gasteiger partial charge in [-0.05, 0) is 41.8 Å². The fourth-order valence-electron chi connectivity index (χ4n) is 2.25. The number of alkyl halides is 3. The van der Waals surface area contributed by atoms with Crippen molar-refractivity contribution in [2.75, 3.05) is 0 Å². The standard InChI is InChI=1S/C16H14F4O/c1-10-8-12(17)7-6-11(10)9-15(21)13-4-2-3-5-14(13)16(18,19)20/h2-8,15,21H,9H2,1H3. The number of benzene rings is 2. The van der Waals surface area contributed by atoms with E-state index in [1.165, 1.54) is 36.4 Å². The minimum Gasteiger partial charge on any atom is -0.388 e. The molecule has 0 aliphatic carbocycles. The van der Waals surface area contributed by atoms with Gasteiger partial charge in [0.2, 0.25) is 0 Å². The first-order valence-electron chi connectivity index (χ1n) is 6.38. The number of hydrogen-bond acceptors (Lipinski definition) is 1. The number of aryl methyl sites for hydroxylation is 1. The van der Waals surface area contributed by atoms with Crippen LogP contribution in [0.25, 0.3) is 0 Å². The first-order chi connectivity index (χ1) is 9.79. The third-order valence-corrected chi connectivity index (χ3v) is 3.34. The Bertz CT molecular complexity index is 634. The first kappa shape index (κ1) is 15.5. The Morgan fingerprint density at radius 1 is 1.10 bits per heavy atom. The quantitative estimate of drug-likeness (QED) is 0.831. The van der Waals surface area contributed by atoms with Gasteiger partial charge < -0.3 is 5.11 Å². The van der Waals surface area contributed by atoms with Gasteiger partial charge in [0.05, 0.1) is 11.7 Å². The van der Waals surface area contributed by atoms with E-state index in [4.69, 9.17) is 0 Å². The van der Waals surface area contributed by atoms with E-state index in [1.54, 1.807) is 6.92 Å². The molecule has 0 aromatic heterocycles. The Morgan fingerprint density at radius 3 is 2.38 bits per heavy atom. The lowest BCUT2D eigenvalue weighted by Gasteiger charge is -2.18. The molecule has 0 spiro atoms. The van der Waals surface area contributed by atoms with Gasteiger partial charge in [0.25, 0.3) is 0 Å². The highest BCUT2D eigenvalue weighted by molar-refractivity contribution is 5.34. The molecular weight excluding hydrogens is 284 g/mol. The molecule has 5 heteroatoms. The molecule has 0 bridgehead atoms. The lowest BCUT2D eigenvalue weighted by molar-refractivity contribution is -0.139. The van der Waals surface area contributed by atoms with Crippen LogP contribution in [0.2, 0.25) is 0 Å². The molecule has 0 heterocycles. The van der Waals surface area contributed by atoms with Crippen LogP contribution in [-0.4, -0.2) is 5.11 Å². The molecule has 112 valence electrons. The van der Waals surface area contributed by atoms with Crippen molar-refractivity contribution in [3.8, 4) is 0 Å². The van der Waals surface area contributed by atoms with Crippen molar-refractivity contribution in [2.24, 2.45) is 0 Å². The van der Waals surface area contributed by atoms with Gasteiger partial charge in [-0.15, -0.1) is 0 Å². The largest absolute Gasteiger partial charge is 0.416 e. The van der Waals surface area contributed by atoms with Crippen LogP contribution in [0, 0.1) is 12.7 Å². The summed E-state index contributed by atoms with van der Waals surface area (Å²) in [5, 5.41) is 10.1. The van der Waals surface area contributed by atoms with Crippen LogP contribution in [0.15, 0.2) is 42.5 Å². The predicted molar refractivity (Wildman–Crippen MR) is 71.2 cm³/mol. The zero-order valence-electron chi connectivity index (χ0n) is 11.3. The Morgan fingerprint density at radius 2 is 1.76 bits per heavy atom. The number of aliphatic hydroxyl groups excluding tert-OH is 1. The van der Waals surface area contributed by atoms with E-state index in [-0.39, 0.29) is 12.0 Å². The van der Waals surface area contributed by atoms with Crippen LogP contribution in [0.4, 0.5) is 17.6 Å². The molecule has 0 amide bonds. The van der Waals surface area contributed by atoms with Crippen molar-refractivity contribution in [1.82, 2.24) is 0 Å². The van der Waals surface area contributed by atoms with E-state index in [1.807, 2.05) is 0 Å². The summed E-state index contributed by atoms with van der Waals surface area (Å²) in [4.78, 5) is 0.